The fourth-order valence-corrected chi connectivity index (χ4v) is 3.80. The molecule has 0 aliphatic carbocycles. The molecule has 1 unspecified atom stereocenters. The second kappa shape index (κ2) is 7.70. The van der Waals surface area contributed by atoms with Crippen molar-refractivity contribution in [2.24, 2.45) is 11.8 Å². The van der Waals surface area contributed by atoms with E-state index in [0.29, 0.717) is 29.7 Å². The standard InChI is InChI=1S/C20H26ClN3O2/c1-12(2)22-19(25)13(3)14-6-8-24(9-7-14)20(26)18-11-15-10-16(21)4-5-17(15)23-18/h4-5,10-14,23H,6-9H2,1-3H3,(H,22,25). The van der Waals surface area contributed by atoms with Gasteiger partial charge in [0, 0.05) is 41.0 Å². The van der Waals surface area contributed by atoms with Crippen LogP contribution in [0.15, 0.2) is 24.3 Å². The number of likely N-dealkylation sites (tertiary alicyclic amines) is 1. The van der Waals surface area contributed by atoms with E-state index < -0.39 is 0 Å². The summed E-state index contributed by atoms with van der Waals surface area (Å²) in [6.07, 6.45) is 1.70. The maximum atomic E-state index is 12.8. The van der Waals surface area contributed by atoms with Crippen LogP contribution < -0.4 is 5.32 Å². The van der Waals surface area contributed by atoms with E-state index in [1.54, 1.807) is 0 Å². The van der Waals surface area contributed by atoms with Crippen molar-refractivity contribution in [1.82, 2.24) is 15.2 Å². The summed E-state index contributed by atoms with van der Waals surface area (Å²) in [5.74, 6) is 0.413. The number of H-pyrrole nitrogens is 1. The number of hydrogen-bond donors (Lipinski definition) is 2. The van der Waals surface area contributed by atoms with Gasteiger partial charge in [-0.2, -0.15) is 0 Å². The third-order valence-corrected chi connectivity index (χ3v) is 5.43. The van der Waals surface area contributed by atoms with Crippen LogP contribution in [0.4, 0.5) is 0 Å². The lowest BCUT2D eigenvalue weighted by Gasteiger charge is -2.34. The van der Waals surface area contributed by atoms with Crippen LogP contribution in [-0.2, 0) is 4.79 Å². The van der Waals surface area contributed by atoms with E-state index in [2.05, 4.69) is 10.3 Å². The van der Waals surface area contributed by atoms with Gasteiger partial charge < -0.3 is 15.2 Å². The molecule has 140 valence electrons. The molecule has 1 atom stereocenters. The zero-order valence-corrected chi connectivity index (χ0v) is 16.3. The highest BCUT2D eigenvalue weighted by atomic mass is 35.5. The fraction of sp³-hybridized carbons (Fsp3) is 0.500. The van der Waals surface area contributed by atoms with Gasteiger partial charge in [0.25, 0.3) is 5.91 Å². The second-order valence-electron chi connectivity index (χ2n) is 7.50. The molecule has 0 bridgehead atoms. The number of benzene rings is 1. The van der Waals surface area contributed by atoms with Gasteiger partial charge in [0.1, 0.15) is 5.69 Å². The molecule has 0 radical (unpaired) electrons. The Balaban J connectivity index is 1.61. The van der Waals surface area contributed by atoms with Crippen LogP contribution in [0.5, 0.6) is 0 Å². The lowest BCUT2D eigenvalue weighted by molar-refractivity contribution is -0.127. The van der Waals surface area contributed by atoms with Crippen LogP contribution in [0.2, 0.25) is 5.02 Å². The summed E-state index contributed by atoms with van der Waals surface area (Å²) in [4.78, 5) is 30.1. The summed E-state index contributed by atoms with van der Waals surface area (Å²) in [6.45, 7) is 7.29. The summed E-state index contributed by atoms with van der Waals surface area (Å²) in [5.41, 5.74) is 1.50. The molecular weight excluding hydrogens is 350 g/mol. The molecule has 0 spiro atoms. The van der Waals surface area contributed by atoms with Crippen molar-refractivity contribution >= 4 is 34.3 Å². The number of amides is 2. The number of hydrogen-bond acceptors (Lipinski definition) is 2. The predicted octanol–water partition coefficient (Wildman–Crippen LogP) is 3.83. The van der Waals surface area contributed by atoms with Crippen molar-refractivity contribution in [2.45, 2.75) is 39.7 Å². The minimum Gasteiger partial charge on any atom is -0.354 e. The summed E-state index contributed by atoms with van der Waals surface area (Å²) in [6, 6.07) is 7.56. The monoisotopic (exact) mass is 375 g/mol. The second-order valence-corrected chi connectivity index (χ2v) is 7.93. The van der Waals surface area contributed by atoms with Gasteiger partial charge in [-0.1, -0.05) is 18.5 Å². The Morgan fingerprint density at radius 2 is 1.88 bits per heavy atom. The third kappa shape index (κ3) is 4.04. The number of aromatic amines is 1. The average Bonchev–Trinajstić information content (AvgIpc) is 3.03. The number of piperidine rings is 1. The van der Waals surface area contributed by atoms with Gasteiger partial charge in [-0.05, 0) is 56.9 Å². The number of fused-ring (bicyclic) bond motifs is 1. The highest BCUT2D eigenvalue weighted by Crippen LogP contribution is 2.27. The van der Waals surface area contributed by atoms with Gasteiger partial charge in [0.05, 0.1) is 0 Å². The first-order valence-electron chi connectivity index (χ1n) is 9.23. The van der Waals surface area contributed by atoms with Crippen LogP contribution >= 0.6 is 11.6 Å². The van der Waals surface area contributed by atoms with Crippen molar-refractivity contribution in [1.29, 1.82) is 0 Å². The number of nitrogens with one attached hydrogen (secondary N) is 2. The number of halogens is 1. The largest absolute Gasteiger partial charge is 0.354 e. The summed E-state index contributed by atoms with van der Waals surface area (Å²) < 4.78 is 0. The molecule has 2 amide bonds. The van der Waals surface area contributed by atoms with Crippen molar-refractivity contribution in [3.63, 3.8) is 0 Å². The van der Waals surface area contributed by atoms with Gasteiger partial charge in [-0.3, -0.25) is 9.59 Å². The maximum Gasteiger partial charge on any atom is 0.270 e. The summed E-state index contributed by atoms with van der Waals surface area (Å²) >= 11 is 6.02. The molecule has 1 aromatic heterocycles. The van der Waals surface area contributed by atoms with Gasteiger partial charge in [0.15, 0.2) is 0 Å². The average molecular weight is 376 g/mol. The van der Waals surface area contributed by atoms with Gasteiger partial charge in [-0.25, -0.2) is 0 Å². The quantitative estimate of drug-likeness (QED) is 0.852. The molecule has 1 aliphatic rings. The molecule has 26 heavy (non-hydrogen) atoms. The highest BCUT2D eigenvalue weighted by Gasteiger charge is 2.30. The van der Waals surface area contributed by atoms with E-state index in [1.807, 2.05) is 49.9 Å². The van der Waals surface area contributed by atoms with E-state index >= 15 is 0 Å². The maximum absolute atomic E-state index is 12.8. The number of carbonyl (C=O) groups is 2. The minimum absolute atomic E-state index is 0.00931. The first-order chi connectivity index (χ1) is 12.3. The molecule has 0 saturated carbocycles. The van der Waals surface area contributed by atoms with Crippen LogP contribution in [0.25, 0.3) is 10.9 Å². The fourth-order valence-electron chi connectivity index (χ4n) is 3.62. The van der Waals surface area contributed by atoms with Crippen molar-refractivity contribution < 1.29 is 9.59 Å². The van der Waals surface area contributed by atoms with Crippen molar-refractivity contribution in [3.8, 4) is 0 Å². The molecule has 5 nitrogen and oxygen atoms in total. The summed E-state index contributed by atoms with van der Waals surface area (Å²) in [7, 11) is 0. The Morgan fingerprint density at radius 3 is 2.54 bits per heavy atom. The van der Waals surface area contributed by atoms with Crippen molar-refractivity contribution in [3.05, 3.63) is 35.0 Å². The molecule has 6 heteroatoms. The van der Waals surface area contributed by atoms with Crippen LogP contribution in [-0.4, -0.2) is 40.8 Å². The smallest absolute Gasteiger partial charge is 0.270 e. The lowest BCUT2D eigenvalue weighted by Crippen LogP contribution is -2.43. The Kier molecular flexibility index (Phi) is 5.56. The van der Waals surface area contributed by atoms with Crippen LogP contribution in [0.1, 0.15) is 44.1 Å². The van der Waals surface area contributed by atoms with E-state index in [0.717, 1.165) is 23.7 Å². The predicted molar refractivity (Wildman–Crippen MR) is 104 cm³/mol. The summed E-state index contributed by atoms with van der Waals surface area (Å²) in [5, 5.41) is 4.58. The molecule has 2 N–H and O–H groups in total. The Hall–Kier alpha value is -2.01. The van der Waals surface area contributed by atoms with E-state index in [-0.39, 0.29) is 23.8 Å². The molecule has 3 rings (SSSR count). The van der Waals surface area contributed by atoms with Crippen molar-refractivity contribution in [2.75, 3.05) is 13.1 Å². The third-order valence-electron chi connectivity index (χ3n) is 5.19. The first-order valence-corrected chi connectivity index (χ1v) is 9.61. The Labute approximate surface area is 159 Å². The minimum atomic E-state index is -0.0233. The Morgan fingerprint density at radius 1 is 1.19 bits per heavy atom. The molecule has 1 fully saturated rings. The highest BCUT2D eigenvalue weighted by molar-refractivity contribution is 6.31. The molecule has 2 heterocycles. The molecule has 1 saturated heterocycles. The number of aromatic nitrogens is 1. The molecule has 2 aromatic rings. The number of nitrogens with zero attached hydrogens (tertiary/aromatic N) is 1. The molecule has 1 aromatic carbocycles. The van der Waals surface area contributed by atoms with Gasteiger partial charge >= 0.3 is 0 Å². The normalized spacial score (nSPS) is 16.9. The molecular formula is C20H26ClN3O2. The van der Waals surface area contributed by atoms with E-state index in [1.165, 1.54) is 0 Å². The number of rotatable bonds is 4. The zero-order valence-electron chi connectivity index (χ0n) is 15.5. The van der Waals surface area contributed by atoms with Gasteiger partial charge in [0.2, 0.25) is 5.91 Å². The van der Waals surface area contributed by atoms with Gasteiger partial charge in [-0.15, -0.1) is 0 Å². The lowest BCUT2D eigenvalue weighted by atomic mass is 9.84. The van der Waals surface area contributed by atoms with E-state index in [4.69, 9.17) is 11.6 Å². The SMILES string of the molecule is CC(C)NC(=O)C(C)C1CCN(C(=O)c2cc3cc(Cl)ccc3[nH]2)CC1. The van der Waals surface area contributed by atoms with E-state index in [9.17, 15) is 9.59 Å². The van der Waals surface area contributed by atoms with Crippen LogP contribution in [0, 0.1) is 11.8 Å². The first kappa shape index (κ1) is 18.8. The number of carbonyl (C=O) groups excluding carboxylic acids is 2. The Bertz CT molecular complexity index is 806. The zero-order chi connectivity index (χ0) is 18.8. The topological polar surface area (TPSA) is 65.2 Å². The van der Waals surface area contributed by atoms with Crippen LogP contribution in [0.3, 0.4) is 0 Å². The molecule has 1 aliphatic heterocycles.